The molecule has 2 aromatic carbocycles. The third kappa shape index (κ3) is 2.40. The summed E-state index contributed by atoms with van der Waals surface area (Å²) >= 11 is 0. The van der Waals surface area contributed by atoms with Gasteiger partial charge in [0.05, 0.1) is 6.61 Å². The first-order valence-electron chi connectivity index (χ1n) is 6.50. The van der Waals surface area contributed by atoms with Crippen LogP contribution in [-0.4, -0.2) is 9.67 Å². The summed E-state index contributed by atoms with van der Waals surface area (Å²) in [5.41, 5.74) is 4.75. The second-order valence-corrected chi connectivity index (χ2v) is 4.98. The summed E-state index contributed by atoms with van der Waals surface area (Å²) in [6.07, 6.45) is 2.13. The Labute approximate surface area is 112 Å². The average molecular weight is 251 g/mol. The van der Waals surface area contributed by atoms with Crippen molar-refractivity contribution in [2.45, 2.75) is 20.1 Å². The predicted molar refractivity (Wildman–Crippen MR) is 78.1 cm³/mol. The number of rotatable bonds is 3. The number of fused-ring (bicyclic) bond motifs is 1. The maximum Gasteiger partial charge on any atom is 0.0681 e. The third-order valence-electron chi connectivity index (χ3n) is 3.48. The normalized spacial score (nSPS) is 11.1. The van der Waals surface area contributed by atoms with Gasteiger partial charge in [-0.25, -0.2) is 0 Å². The molecule has 0 aliphatic heterocycles. The number of aryl methyl sites for hydroxylation is 1. The standard InChI is InChI=1S/C17H17NO/c1-13-2-7-17-16(10-13)8-9-18(17)11-14-3-5-15(12-19)6-4-14/h2-10,19H,11-12H2,1H3. The second-order valence-electron chi connectivity index (χ2n) is 4.98. The molecule has 0 fully saturated rings. The molecule has 0 spiro atoms. The third-order valence-corrected chi connectivity index (χ3v) is 3.48. The topological polar surface area (TPSA) is 25.2 Å². The summed E-state index contributed by atoms with van der Waals surface area (Å²) in [6, 6.07) is 16.8. The molecular weight excluding hydrogens is 234 g/mol. The van der Waals surface area contributed by atoms with Gasteiger partial charge in [-0.05, 0) is 41.6 Å². The minimum Gasteiger partial charge on any atom is -0.392 e. The number of hydrogen-bond acceptors (Lipinski definition) is 1. The zero-order chi connectivity index (χ0) is 13.2. The Morgan fingerprint density at radius 3 is 2.42 bits per heavy atom. The molecule has 0 saturated heterocycles. The van der Waals surface area contributed by atoms with E-state index in [1.165, 1.54) is 22.0 Å². The average Bonchev–Trinajstić information content (AvgIpc) is 2.82. The highest BCUT2D eigenvalue weighted by Gasteiger charge is 2.02. The summed E-state index contributed by atoms with van der Waals surface area (Å²) in [7, 11) is 0. The van der Waals surface area contributed by atoms with E-state index < -0.39 is 0 Å². The van der Waals surface area contributed by atoms with Crippen molar-refractivity contribution in [2.75, 3.05) is 0 Å². The molecule has 1 heterocycles. The van der Waals surface area contributed by atoms with Crippen LogP contribution in [0.5, 0.6) is 0 Å². The molecule has 0 saturated carbocycles. The lowest BCUT2D eigenvalue weighted by molar-refractivity contribution is 0.282. The van der Waals surface area contributed by atoms with E-state index in [4.69, 9.17) is 5.11 Å². The van der Waals surface area contributed by atoms with Gasteiger partial charge >= 0.3 is 0 Å². The first-order chi connectivity index (χ1) is 9.26. The Morgan fingerprint density at radius 1 is 0.947 bits per heavy atom. The maximum absolute atomic E-state index is 9.05. The molecule has 0 unspecified atom stereocenters. The summed E-state index contributed by atoms with van der Waals surface area (Å²) in [5.74, 6) is 0. The highest BCUT2D eigenvalue weighted by molar-refractivity contribution is 5.80. The zero-order valence-electron chi connectivity index (χ0n) is 11.0. The number of nitrogens with zero attached hydrogens (tertiary/aromatic N) is 1. The van der Waals surface area contributed by atoms with E-state index in [1.54, 1.807) is 0 Å². The SMILES string of the molecule is Cc1ccc2c(ccn2Cc2ccc(CO)cc2)c1. The molecule has 0 aliphatic carbocycles. The summed E-state index contributed by atoms with van der Waals surface area (Å²) in [4.78, 5) is 0. The van der Waals surface area contributed by atoms with Gasteiger partial charge < -0.3 is 9.67 Å². The van der Waals surface area contributed by atoms with E-state index in [0.29, 0.717) is 0 Å². The van der Waals surface area contributed by atoms with E-state index >= 15 is 0 Å². The smallest absolute Gasteiger partial charge is 0.0681 e. The van der Waals surface area contributed by atoms with Crippen LogP contribution < -0.4 is 0 Å². The Morgan fingerprint density at radius 2 is 1.68 bits per heavy atom. The first kappa shape index (κ1) is 12.0. The van der Waals surface area contributed by atoms with Gasteiger partial charge in [0.15, 0.2) is 0 Å². The van der Waals surface area contributed by atoms with Gasteiger partial charge in [0.1, 0.15) is 0 Å². The molecule has 1 aromatic heterocycles. The van der Waals surface area contributed by atoms with Crippen molar-refractivity contribution in [2.24, 2.45) is 0 Å². The van der Waals surface area contributed by atoms with Gasteiger partial charge in [0, 0.05) is 18.3 Å². The summed E-state index contributed by atoms with van der Waals surface area (Å²) < 4.78 is 2.25. The molecule has 0 atom stereocenters. The Kier molecular flexibility index (Phi) is 3.10. The molecule has 3 aromatic rings. The second kappa shape index (κ2) is 4.90. The van der Waals surface area contributed by atoms with Crippen LogP contribution in [0, 0.1) is 6.92 Å². The van der Waals surface area contributed by atoms with Crippen LogP contribution >= 0.6 is 0 Å². The van der Waals surface area contributed by atoms with Crippen molar-refractivity contribution in [3.63, 3.8) is 0 Å². The fourth-order valence-corrected chi connectivity index (χ4v) is 2.40. The molecule has 3 rings (SSSR count). The van der Waals surface area contributed by atoms with E-state index in [2.05, 4.69) is 54.1 Å². The molecule has 0 amide bonds. The quantitative estimate of drug-likeness (QED) is 0.757. The van der Waals surface area contributed by atoms with Crippen molar-refractivity contribution >= 4 is 10.9 Å². The van der Waals surface area contributed by atoms with Crippen LogP contribution in [-0.2, 0) is 13.2 Å². The van der Waals surface area contributed by atoms with Gasteiger partial charge in [-0.15, -0.1) is 0 Å². The van der Waals surface area contributed by atoms with Crippen LogP contribution in [0.4, 0.5) is 0 Å². The Bertz CT molecular complexity index is 695. The van der Waals surface area contributed by atoms with Gasteiger partial charge in [-0.3, -0.25) is 0 Å². The number of aliphatic hydroxyl groups excluding tert-OH is 1. The van der Waals surface area contributed by atoms with Gasteiger partial charge in [-0.1, -0.05) is 35.9 Å². The zero-order valence-corrected chi connectivity index (χ0v) is 11.0. The molecule has 2 nitrogen and oxygen atoms in total. The fourth-order valence-electron chi connectivity index (χ4n) is 2.40. The Balaban J connectivity index is 1.92. The van der Waals surface area contributed by atoms with E-state index in [1.807, 2.05) is 12.1 Å². The number of aliphatic hydroxyl groups is 1. The van der Waals surface area contributed by atoms with E-state index in [-0.39, 0.29) is 6.61 Å². The van der Waals surface area contributed by atoms with Crippen molar-refractivity contribution in [3.05, 3.63) is 71.4 Å². The molecule has 0 bridgehead atoms. The monoisotopic (exact) mass is 251 g/mol. The number of hydrogen-bond donors (Lipinski definition) is 1. The van der Waals surface area contributed by atoms with Crippen LogP contribution in [0.25, 0.3) is 10.9 Å². The molecule has 1 N–H and O–H groups in total. The van der Waals surface area contributed by atoms with Crippen LogP contribution in [0.2, 0.25) is 0 Å². The lowest BCUT2D eigenvalue weighted by atomic mass is 10.1. The van der Waals surface area contributed by atoms with Crippen molar-refractivity contribution in [3.8, 4) is 0 Å². The molecule has 96 valence electrons. The van der Waals surface area contributed by atoms with Crippen molar-refractivity contribution in [1.29, 1.82) is 0 Å². The van der Waals surface area contributed by atoms with Crippen LogP contribution in [0.1, 0.15) is 16.7 Å². The number of benzene rings is 2. The van der Waals surface area contributed by atoms with E-state index in [0.717, 1.165) is 12.1 Å². The maximum atomic E-state index is 9.05. The summed E-state index contributed by atoms with van der Waals surface area (Å²) in [6.45, 7) is 3.08. The first-order valence-corrected chi connectivity index (χ1v) is 6.50. The van der Waals surface area contributed by atoms with Crippen LogP contribution in [0.15, 0.2) is 54.7 Å². The molecular formula is C17H17NO. The Hall–Kier alpha value is -2.06. The molecule has 2 heteroatoms. The lowest BCUT2D eigenvalue weighted by Gasteiger charge is -2.07. The van der Waals surface area contributed by atoms with Crippen LogP contribution in [0.3, 0.4) is 0 Å². The molecule has 19 heavy (non-hydrogen) atoms. The molecule has 0 aliphatic rings. The van der Waals surface area contributed by atoms with Gasteiger partial charge in [0.25, 0.3) is 0 Å². The number of aromatic nitrogens is 1. The van der Waals surface area contributed by atoms with Gasteiger partial charge in [-0.2, -0.15) is 0 Å². The highest BCUT2D eigenvalue weighted by Crippen LogP contribution is 2.19. The van der Waals surface area contributed by atoms with Crippen molar-refractivity contribution in [1.82, 2.24) is 4.57 Å². The lowest BCUT2D eigenvalue weighted by Crippen LogP contribution is -1.98. The minimum atomic E-state index is 0.103. The highest BCUT2D eigenvalue weighted by atomic mass is 16.3. The van der Waals surface area contributed by atoms with E-state index in [9.17, 15) is 0 Å². The largest absolute Gasteiger partial charge is 0.392 e. The predicted octanol–water partition coefficient (Wildman–Crippen LogP) is 3.49. The summed E-state index contributed by atoms with van der Waals surface area (Å²) in [5, 5.41) is 10.3. The fraction of sp³-hybridized carbons (Fsp3) is 0.176. The molecule has 0 radical (unpaired) electrons. The minimum absolute atomic E-state index is 0.103. The van der Waals surface area contributed by atoms with Gasteiger partial charge in [0.2, 0.25) is 0 Å². The van der Waals surface area contributed by atoms with Crippen molar-refractivity contribution < 1.29 is 5.11 Å².